The Morgan fingerprint density at radius 1 is 1.30 bits per heavy atom. The zero-order valence-electron chi connectivity index (χ0n) is 13.0. The third-order valence-electron chi connectivity index (χ3n) is 4.12. The number of rotatable bonds is 5. The summed E-state index contributed by atoms with van der Waals surface area (Å²) in [6.07, 6.45) is 1.98. The minimum Gasteiger partial charge on any atom is -0.480 e. The van der Waals surface area contributed by atoms with Crippen LogP contribution in [0.5, 0.6) is 0 Å². The maximum Gasteiger partial charge on any atom is 0.317 e. The van der Waals surface area contributed by atoms with E-state index >= 15 is 0 Å². The fourth-order valence-electron chi connectivity index (χ4n) is 2.83. The van der Waals surface area contributed by atoms with Crippen LogP contribution in [0.4, 0.5) is 4.39 Å². The number of hydrogen-bond acceptors (Lipinski definition) is 4. The summed E-state index contributed by atoms with van der Waals surface area (Å²) in [4.78, 5) is 12.6. The Bertz CT molecular complexity index is 648. The molecule has 1 aliphatic rings. The first kappa shape index (κ1) is 17.8. The van der Waals surface area contributed by atoms with Crippen LogP contribution < -0.4 is 0 Å². The molecule has 0 amide bonds. The highest BCUT2D eigenvalue weighted by Gasteiger charge is 2.29. The Morgan fingerprint density at radius 3 is 2.57 bits per heavy atom. The zero-order valence-corrected chi connectivity index (χ0v) is 13.8. The summed E-state index contributed by atoms with van der Waals surface area (Å²) in [5, 5.41) is 8.86. The minimum atomic E-state index is -3.64. The highest BCUT2D eigenvalue weighted by atomic mass is 32.2. The molecule has 1 aromatic rings. The van der Waals surface area contributed by atoms with E-state index in [-0.39, 0.29) is 17.5 Å². The largest absolute Gasteiger partial charge is 0.480 e. The number of aliphatic carboxylic acids is 1. The molecule has 1 unspecified atom stereocenters. The predicted octanol–water partition coefficient (Wildman–Crippen LogP) is 1.39. The summed E-state index contributed by atoms with van der Waals surface area (Å²) in [5.74, 6) is -1.37. The van der Waals surface area contributed by atoms with Gasteiger partial charge < -0.3 is 5.11 Å². The summed E-state index contributed by atoms with van der Waals surface area (Å²) >= 11 is 0. The Balaban J connectivity index is 2.07. The molecule has 1 heterocycles. The molecule has 0 aromatic heterocycles. The number of carboxylic acid groups (broad SMARTS) is 1. The van der Waals surface area contributed by atoms with E-state index in [9.17, 15) is 17.6 Å². The second-order valence-electron chi connectivity index (χ2n) is 5.75. The van der Waals surface area contributed by atoms with E-state index in [0.29, 0.717) is 25.9 Å². The fourth-order valence-corrected chi connectivity index (χ4v) is 4.33. The standard InChI is InChI=1S/C15H21FN2O4S/c1-17(11-15(19)20)13-3-2-9-18(10-8-13)23(21,22)14-6-4-12(16)5-7-14/h4-7,13H,2-3,8-11H2,1H3,(H,19,20). The maximum absolute atomic E-state index is 13.0. The van der Waals surface area contributed by atoms with E-state index in [0.717, 1.165) is 18.6 Å². The maximum atomic E-state index is 13.0. The molecule has 1 fully saturated rings. The first-order valence-corrected chi connectivity index (χ1v) is 8.92. The molecule has 1 N–H and O–H groups in total. The quantitative estimate of drug-likeness (QED) is 0.873. The van der Waals surface area contributed by atoms with Crippen molar-refractivity contribution in [2.75, 3.05) is 26.7 Å². The van der Waals surface area contributed by atoms with Gasteiger partial charge in [0.1, 0.15) is 5.82 Å². The molecular formula is C15H21FN2O4S. The lowest BCUT2D eigenvalue weighted by atomic mass is 10.1. The van der Waals surface area contributed by atoms with Gasteiger partial charge in [0.05, 0.1) is 11.4 Å². The van der Waals surface area contributed by atoms with E-state index in [1.165, 1.54) is 16.4 Å². The third kappa shape index (κ3) is 4.49. The summed E-state index contributed by atoms with van der Waals surface area (Å²) in [7, 11) is -1.90. The second kappa shape index (κ2) is 7.37. The molecule has 0 saturated carbocycles. The number of carbonyl (C=O) groups is 1. The van der Waals surface area contributed by atoms with Crippen LogP contribution in [-0.4, -0.2) is 61.4 Å². The van der Waals surface area contributed by atoms with Crippen molar-refractivity contribution in [2.24, 2.45) is 0 Å². The van der Waals surface area contributed by atoms with Gasteiger partial charge in [-0.15, -0.1) is 0 Å². The van der Waals surface area contributed by atoms with Gasteiger partial charge in [-0.3, -0.25) is 9.69 Å². The molecule has 23 heavy (non-hydrogen) atoms. The van der Waals surface area contributed by atoms with E-state index in [1.807, 2.05) is 0 Å². The molecule has 0 radical (unpaired) electrons. The van der Waals surface area contributed by atoms with Gasteiger partial charge in [-0.05, 0) is 50.6 Å². The van der Waals surface area contributed by atoms with E-state index in [2.05, 4.69) is 0 Å². The van der Waals surface area contributed by atoms with E-state index in [1.54, 1.807) is 11.9 Å². The lowest BCUT2D eigenvalue weighted by Gasteiger charge is -2.25. The van der Waals surface area contributed by atoms with Gasteiger partial charge in [-0.1, -0.05) is 0 Å². The first-order valence-electron chi connectivity index (χ1n) is 7.48. The van der Waals surface area contributed by atoms with Crippen molar-refractivity contribution in [1.29, 1.82) is 0 Å². The monoisotopic (exact) mass is 344 g/mol. The zero-order chi connectivity index (χ0) is 17.0. The summed E-state index contributed by atoms with van der Waals surface area (Å²) in [6, 6.07) is 4.84. The van der Waals surface area contributed by atoms with Crippen LogP contribution in [0.1, 0.15) is 19.3 Å². The van der Waals surface area contributed by atoms with Gasteiger partial charge in [0, 0.05) is 19.1 Å². The van der Waals surface area contributed by atoms with Gasteiger partial charge in [0.2, 0.25) is 10.0 Å². The molecular weight excluding hydrogens is 323 g/mol. The molecule has 1 aliphatic heterocycles. The normalized spacial score (nSPS) is 20.4. The number of halogens is 1. The molecule has 8 heteroatoms. The number of nitrogens with zero attached hydrogens (tertiary/aromatic N) is 2. The average molecular weight is 344 g/mol. The van der Waals surface area contributed by atoms with Gasteiger partial charge in [0.25, 0.3) is 0 Å². The van der Waals surface area contributed by atoms with Crippen LogP contribution in [0.3, 0.4) is 0 Å². The van der Waals surface area contributed by atoms with Crippen molar-refractivity contribution in [3.63, 3.8) is 0 Å². The Kier molecular flexibility index (Phi) is 5.72. The molecule has 0 aliphatic carbocycles. The molecule has 0 bridgehead atoms. The van der Waals surface area contributed by atoms with Crippen molar-refractivity contribution in [3.8, 4) is 0 Å². The Hall–Kier alpha value is -1.51. The molecule has 6 nitrogen and oxygen atoms in total. The fraction of sp³-hybridized carbons (Fsp3) is 0.533. The van der Waals surface area contributed by atoms with Gasteiger partial charge in [-0.2, -0.15) is 4.31 Å². The lowest BCUT2D eigenvalue weighted by Crippen LogP contribution is -2.37. The van der Waals surface area contributed by atoms with Crippen molar-refractivity contribution in [3.05, 3.63) is 30.1 Å². The highest BCUT2D eigenvalue weighted by Crippen LogP contribution is 2.22. The van der Waals surface area contributed by atoms with Gasteiger partial charge in [0.15, 0.2) is 0 Å². The van der Waals surface area contributed by atoms with E-state index < -0.39 is 21.8 Å². The molecule has 128 valence electrons. The van der Waals surface area contributed by atoms with Crippen molar-refractivity contribution in [1.82, 2.24) is 9.21 Å². The van der Waals surface area contributed by atoms with E-state index in [4.69, 9.17) is 5.11 Å². The Labute approximate surface area is 135 Å². The number of carboxylic acids is 1. The predicted molar refractivity (Wildman–Crippen MR) is 83.1 cm³/mol. The van der Waals surface area contributed by atoms with Crippen LogP contribution >= 0.6 is 0 Å². The number of benzene rings is 1. The molecule has 1 aromatic carbocycles. The smallest absolute Gasteiger partial charge is 0.317 e. The van der Waals surface area contributed by atoms with Gasteiger partial charge >= 0.3 is 5.97 Å². The topological polar surface area (TPSA) is 77.9 Å². The molecule has 0 spiro atoms. The van der Waals surface area contributed by atoms with Crippen LogP contribution in [-0.2, 0) is 14.8 Å². The SMILES string of the molecule is CN(CC(=O)O)C1CCCN(S(=O)(=O)c2ccc(F)cc2)CC1. The third-order valence-corrected chi connectivity index (χ3v) is 6.03. The van der Waals surface area contributed by atoms with Gasteiger partial charge in [-0.25, -0.2) is 12.8 Å². The summed E-state index contributed by atoms with van der Waals surface area (Å²) in [6.45, 7) is 0.654. The number of likely N-dealkylation sites (N-methyl/N-ethyl adjacent to an activating group) is 1. The van der Waals surface area contributed by atoms with Crippen molar-refractivity contribution >= 4 is 16.0 Å². The lowest BCUT2D eigenvalue weighted by molar-refractivity contribution is -0.138. The summed E-state index contributed by atoms with van der Waals surface area (Å²) in [5.41, 5.74) is 0. The van der Waals surface area contributed by atoms with Crippen molar-refractivity contribution < 1.29 is 22.7 Å². The van der Waals surface area contributed by atoms with Crippen LogP contribution in [0.25, 0.3) is 0 Å². The summed E-state index contributed by atoms with van der Waals surface area (Å²) < 4.78 is 39.6. The van der Waals surface area contributed by atoms with Crippen molar-refractivity contribution in [2.45, 2.75) is 30.2 Å². The van der Waals surface area contributed by atoms with Crippen LogP contribution in [0.15, 0.2) is 29.2 Å². The second-order valence-corrected chi connectivity index (χ2v) is 7.69. The first-order chi connectivity index (χ1) is 10.8. The average Bonchev–Trinajstić information content (AvgIpc) is 2.73. The molecule has 1 saturated heterocycles. The number of sulfonamides is 1. The molecule has 1 atom stereocenters. The van der Waals surface area contributed by atoms with Crippen LogP contribution in [0, 0.1) is 5.82 Å². The highest BCUT2D eigenvalue weighted by molar-refractivity contribution is 7.89. The number of hydrogen-bond donors (Lipinski definition) is 1. The molecule has 2 rings (SSSR count). The van der Waals surface area contributed by atoms with Crippen LogP contribution in [0.2, 0.25) is 0 Å². The minimum absolute atomic E-state index is 0.0412. The Morgan fingerprint density at radius 2 is 1.96 bits per heavy atom.